The van der Waals surface area contributed by atoms with Gasteiger partial charge in [-0.3, -0.25) is 4.79 Å². The Morgan fingerprint density at radius 2 is 2.05 bits per heavy atom. The third-order valence-corrected chi connectivity index (χ3v) is 3.34. The molecule has 0 saturated heterocycles. The number of carbonyl (C=O) groups is 2. The summed E-state index contributed by atoms with van der Waals surface area (Å²) in [5.41, 5.74) is 1.67. The first-order chi connectivity index (χ1) is 10.5. The van der Waals surface area contributed by atoms with E-state index in [9.17, 15) is 9.59 Å². The summed E-state index contributed by atoms with van der Waals surface area (Å²) in [6, 6.07) is 8.37. The molecule has 5 nitrogen and oxygen atoms in total. The van der Waals surface area contributed by atoms with E-state index in [2.05, 4.69) is 5.32 Å². The van der Waals surface area contributed by atoms with Crippen molar-refractivity contribution in [1.82, 2.24) is 5.32 Å². The average Bonchev–Trinajstić information content (AvgIpc) is 2.97. The lowest BCUT2D eigenvalue weighted by atomic mass is 10.1. The number of benzene rings is 1. The van der Waals surface area contributed by atoms with Crippen molar-refractivity contribution in [1.29, 1.82) is 0 Å². The van der Waals surface area contributed by atoms with E-state index in [1.165, 1.54) is 6.26 Å². The number of nitrogens with one attached hydrogen (secondary N) is 1. The molecule has 2 rings (SSSR count). The van der Waals surface area contributed by atoms with Gasteiger partial charge in [-0.25, -0.2) is 4.79 Å². The number of hydrogen-bond donors (Lipinski definition) is 2. The molecule has 0 aliphatic rings. The lowest BCUT2D eigenvalue weighted by Gasteiger charge is -2.07. The maximum atomic E-state index is 12.1. The molecule has 1 amide bonds. The van der Waals surface area contributed by atoms with Crippen molar-refractivity contribution in [2.45, 2.75) is 26.2 Å². The van der Waals surface area contributed by atoms with Crippen LogP contribution in [0.1, 0.15) is 51.8 Å². The lowest BCUT2D eigenvalue weighted by Crippen LogP contribution is -2.26. The van der Waals surface area contributed by atoms with Crippen LogP contribution < -0.4 is 5.32 Å². The van der Waals surface area contributed by atoms with Gasteiger partial charge in [0.25, 0.3) is 5.91 Å². The van der Waals surface area contributed by atoms with E-state index in [0.717, 1.165) is 5.56 Å². The molecule has 0 aliphatic carbocycles. The van der Waals surface area contributed by atoms with Crippen LogP contribution in [-0.4, -0.2) is 23.5 Å². The zero-order valence-electron chi connectivity index (χ0n) is 12.6. The van der Waals surface area contributed by atoms with E-state index in [4.69, 9.17) is 9.52 Å². The SMILES string of the molecule is CC(C)c1occc1C(=O)NCCc1cccc(C(=O)O)c1. The summed E-state index contributed by atoms with van der Waals surface area (Å²) >= 11 is 0. The van der Waals surface area contributed by atoms with Gasteiger partial charge >= 0.3 is 5.97 Å². The third-order valence-electron chi connectivity index (χ3n) is 3.34. The van der Waals surface area contributed by atoms with Gasteiger partial charge in [-0.2, -0.15) is 0 Å². The van der Waals surface area contributed by atoms with Crippen LogP contribution >= 0.6 is 0 Å². The molecule has 0 fully saturated rings. The summed E-state index contributed by atoms with van der Waals surface area (Å²) in [5, 5.41) is 11.8. The van der Waals surface area contributed by atoms with Crippen molar-refractivity contribution in [3.05, 3.63) is 59.0 Å². The van der Waals surface area contributed by atoms with Crippen molar-refractivity contribution in [2.75, 3.05) is 6.54 Å². The molecular weight excluding hydrogens is 282 g/mol. The van der Waals surface area contributed by atoms with Gasteiger partial charge in [0.2, 0.25) is 0 Å². The van der Waals surface area contributed by atoms with Gasteiger partial charge in [0.1, 0.15) is 5.76 Å². The van der Waals surface area contributed by atoms with Crippen LogP contribution in [-0.2, 0) is 6.42 Å². The molecule has 1 heterocycles. The molecule has 0 bridgehead atoms. The minimum Gasteiger partial charge on any atom is -0.478 e. The van der Waals surface area contributed by atoms with Crippen LogP contribution in [0.4, 0.5) is 0 Å². The van der Waals surface area contributed by atoms with E-state index in [0.29, 0.717) is 24.3 Å². The first-order valence-corrected chi connectivity index (χ1v) is 7.17. The van der Waals surface area contributed by atoms with Crippen molar-refractivity contribution in [2.24, 2.45) is 0 Å². The number of carboxylic acid groups (broad SMARTS) is 1. The molecular formula is C17H19NO4. The van der Waals surface area contributed by atoms with Gasteiger partial charge in [0.15, 0.2) is 0 Å². The molecule has 0 unspecified atom stereocenters. The predicted octanol–water partition coefficient (Wildman–Crippen LogP) is 3.07. The minimum absolute atomic E-state index is 0.142. The van der Waals surface area contributed by atoms with Gasteiger partial charge in [-0.15, -0.1) is 0 Å². The van der Waals surface area contributed by atoms with E-state index in [-0.39, 0.29) is 17.4 Å². The van der Waals surface area contributed by atoms with Crippen molar-refractivity contribution in [3.8, 4) is 0 Å². The Hall–Kier alpha value is -2.56. The molecule has 0 spiro atoms. The zero-order valence-corrected chi connectivity index (χ0v) is 12.6. The number of aromatic carboxylic acids is 1. The Morgan fingerprint density at radius 1 is 1.27 bits per heavy atom. The minimum atomic E-state index is -0.953. The lowest BCUT2D eigenvalue weighted by molar-refractivity contribution is 0.0696. The molecule has 2 N–H and O–H groups in total. The first kappa shape index (κ1) is 15.8. The Balaban J connectivity index is 1.93. The van der Waals surface area contributed by atoms with Crippen LogP contribution in [0.5, 0.6) is 0 Å². The quantitative estimate of drug-likeness (QED) is 0.859. The monoisotopic (exact) mass is 301 g/mol. The summed E-state index contributed by atoms with van der Waals surface area (Å²) in [5.74, 6) is -0.314. The largest absolute Gasteiger partial charge is 0.478 e. The van der Waals surface area contributed by atoms with E-state index in [1.54, 1.807) is 24.3 Å². The van der Waals surface area contributed by atoms with Crippen LogP contribution in [0.25, 0.3) is 0 Å². The second-order valence-corrected chi connectivity index (χ2v) is 5.36. The highest BCUT2D eigenvalue weighted by Crippen LogP contribution is 2.20. The summed E-state index contributed by atoms with van der Waals surface area (Å²) in [4.78, 5) is 23.0. The molecule has 0 radical (unpaired) electrons. The van der Waals surface area contributed by atoms with E-state index < -0.39 is 5.97 Å². The molecule has 0 aliphatic heterocycles. The van der Waals surface area contributed by atoms with Crippen LogP contribution in [0.3, 0.4) is 0 Å². The van der Waals surface area contributed by atoms with E-state index >= 15 is 0 Å². The normalized spacial score (nSPS) is 10.7. The summed E-state index contributed by atoms with van der Waals surface area (Å²) < 4.78 is 5.33. The second-order valence-electron chi connectivity index (χ2n) is 5.36. The second kappa shape index (κ2) is 6.93. The Labute approximate surface area is 129 Å². The fraction of sp³-hybridized carbons (Fsp3) is 0.294. The number of hydrogen-bond acceptors (Lipinski definition) is 3. The van der Waals surface area contributed by atoms with Crippen LogP contribution in [0.2, 0.25) is 0 Å². The maximum Gasteiger partial charge on any atom is 0.335 e. The third kappa shape index (κ3) is 3.75. The van der Waals surface area contributed by atoms with Crippen LogP contribution in [0.15, 0.2) is 41.0 Å². The van der Waals surface area contributed by atoms with Gasteiger partial charge in [-0.05, 0) is 30.2 Å². The molecule has 5 heteroatoms. The molecule has 0 saturated carbocycles. The highest BCUT2D eigenvalue weighted by molar-refractivity contribution is 5.95. The van der Waals surface area contributed by atoms with Gasteiger partial charge in [0, 0.05) is 12.5 Å². The molecule has 1 aromatic heterocycles. The number of rotatable bonds is 6. The predicted molar refractivity (Wildman–Crippen MR) is 82.2 cm³/mol. The molecule has 22 heavy (non-hydrogen) atoms. The van der Waals surface area contributed by atoms with Crippen molar-refractivity contribution >= 4 is 11.9 Å². The summed E-state index contributed by atoms with van der Waals surface area (Å²) in [6.45, 7) is 4.37. The smallest absolute Gasteiger partial charge is 0.335 e. The Morgan fingerprint density at radius 3 is 2.73 bits per heavy atom. The Kier molecular flexibility index (Phi) is 4.99. The molecule has 0 atom stereocenters. The fourth-order valence-corrected chi connectivity index (χ4v) is 2.23. The molecule has 116 valence electrons. The van der Waals surface area contributed by atoms with Crippen molar-refractivity contribution < 1.29 is 19.1 Å². The van der Waals surface area contributed by atoms with Crippen molar-refractivity contribution in [3.63, 3.8) is 0 Å². The summed E-state index contributed by atoms with van der Waals surface area (Å²) in [6.07, 6.45) is 2.09. The van der Waals surface area contributed by atoms with Crippen LogP contribution in [0, 0.1) is 0 Å². The number of carboxylic acids is 1. The Bertz CT molecular complexity index is 673. The number of amides is 1. The standard InChI is InChI=1S/C17H19NO4/c1-11(2)15-14(7-9-22-15)16(19)18-8-6-12-4-3-5-13(10-12)17(20)21/h3-5,7,9-11H,6,8H2,1-2H3,(H,18,19)(H,20,21). The summed E-state index contributed by atoms with van der Waals surface area (Å²) in [7, 11) is 0. The number of furan rings is 1. The van der Waals surface area contributed by atoms with E-state index in [1.807, 2.05) is 19.9 Å². The average molecular weight is 301 g/mol. The zero-order chi connectivity index (χ0) is 16.1. The first-order valence-electron chi connectivity index (χ1n) is 7.17. The van der Waals surface area contributed by atoms with Gasteiger partial charge < -0.3 is 14.8 Å². The molecule has 1 aromatic carbocycles. The van der Waals surface area contributed by atoms with Gasteiger partial charge in [0.05, 0.1) is 17.4 Å². The highest BCUT2D eigenvalue weighted by atomic mass is 16.4. The highest BCUT2D eigenvalue weighted by Gasteiger charge is 2.16. The topological polar surface area (TPSA) is 79.5 Å². The van der Waals surface area contributed by atoms with Gasteiger partial charge in [-0.1, -0.05) is 26.0 Å². The maximum absolute atomic E-state index is 12.1. The fourth-order valence-electron chi connectivity index (χ4n) is 2.23. The molecule has 2 aromatic rings. The number of carbonyl (C=O) groups excluding carboxylic acids is 1.